The van der Waals surface area contributed by atoms with Crippen LogP contribution in [0.5, 0.6) is 11.5 Å². The van der Waals surface area contributed by atoms with E-state index in [1.165, 1.54) is 60.3 Å². The molecule has 2 nitrogen and oxygen atoms in total. The highest BCUT2D eigenvalue weighted by Gasteiger charge is 2.34. The maximum Gasteiger partial charge on any atom is 0.228 e. The van der Waals surface area contributed by atoms with Crippen molar-refractivity contribution in [3.8, 4) is 22.8 Å². The maximum absolute atomic E-state index is 6.95. The van der Waals surface area contributed by atoms with Gasteiger partial charge in [-0.1, -0.05) is 77.1 Å². The van der Waals surface area contributed by atoms with Crippen molar-refractivity contribution < 1.29 is 9.30 Å². The highest BCUT2D eigenvalue weighted by molar-refractivity contribution is 6.17. The minimum absolute atomic E-state index is 0.0463. The van der Waals surface area contributed by atoms with Crippen LogP contribution in [0, 0.1) is 6.92 Å². The molecule has 5 aromatic rings. The van der Waals surface area contributed by atoms with E-state index < -0.39 is 0 Å². The average molecular weight is 447 g/mol. The van der Waals surface area contributed by atoms with Gasteiger partial charge in [-0.25, -0.2) is 4.57 Å². The van der Waals surface area contributed by atoms with E-state index in [1.807, 2.05) is 0 Å². The third-order valence-electron chi connectivity index (χ3n) is 7.54. The summed E-state index contributed by atoms with van der Waals surface area (Å²) in [6, 6.07) is 20.0. The van der Waals surface area contributed by atoms with Gasteiger partial charge in [0.1, 0.15) is 18.5 Å². The molecule has 0 unspecified atom stereocenters. The minimum Gasteiger partial charge on any atom is -0.455 e. The van der Waals surface area contributed by atoms with E-state index in [0.717, 1.165) is 11.5 Å². The Morgan fingerprint density at radius 1 is 0.824 bits per heavy atom. The highest BCUT2D eigenvalue weighted by atomic mass is 16.5. The maximum atomic E-state index is 6.95. The van der Waals surface area contributed by atoms with Gasteiger partial charge in [0.25, 0.3) is 0 Å². The van der Waals surface area contributed by atoms with Crippen LogP contribution in [-0.2, 0) is 12.5 Å². The van der Waals surface area contributed by atoms with Gasteiger partial charge >= 0.3 is 0 Å². The summed E-state index contributed by atoms with van der Waals surface area (Å²) in [5, 5.41) is 7.65. The topological polar surface area (TPSA) is 13.1 Å². The Morgan fingerprint density at radius 3 is 2.24 bits per heavy atom. The summed E-state index contributed by atoms with van der Waals surface area (Å²) in [5.74, 6) is 2.33. The highest BCUT2D eigenvalue weighted by Crippen LogP contribution is 2.53. The molecular weight excluding hydrogens is 414 g/mol. The number of aromatic nitrogens is 1. The van der Waals surface area contributed by atoms with E-state index in [0.29, 0.717) is 5.92 Å². The van der Waals surface area contributed by atoms with Crippen LogP contribution < -0.4 is 9.30 Å². The predicted molar refractivity (Wildman–Crippen MR) is 143 cm³/mol. The molecule has 1 aliphatic heterocycles. The number of hydrogen-bond donors (Lipinski definition) is 0. The first-order valence-electron chi connectivity index (χ1n) is 12.3. The van der Waals surface area contributed by atoms with E-state index >= 15 is 0 Å². The van der Waals surface area contributed by atoms with Crippen molar-refractivity contribution in [3.05, 3.63) is 77.5 Å². The molecule has 0 atom stereocenters. The summed E-state index contributed by atoms with van der Waals surface area (Å²) < 4.78 is 9.22. The number of hydrogen-bond acceptors (Lipinski definition) is 1. The zero-order chi connectivity index (χ0) is 23.9. The molecule has 170 valence electrons. The molecule has 0 saturated heterocycles. The molecule has 0 bridgehead atoms. The monoisotopic (exact) mass is 446 g/mol. The summed E-state index contributed by atoms with van der Waals surface area (Å²) >= 11 is 0. The van der Waals surface area contributed by atoms with Crippen LogP contribution in [0.4, 0.5) is 0 Å². The molecule has 34 heavy (non-hydrogen) atoms. The summed E-state index contributed by atoms with van der Waals surface area (Å²) in [6.07, 6.45) is 2.21. The van der Waals surface area contributed by atoms with Crippen molar-refractivity contribution in [1.82, 2.24) is 0 Å². The third-order valence-corrected chi connectivity index (χ3v) is 7.54. The number of pyridine rings is 1. The number of fused-ring (bicyclic) bond motifs is 5. The first kappa shape index (κ1) is 21.2. The predicted octanol–water partition coefficient (Wildman–Crippen LogP) is 8.47. The molecule has 2 heterocycles. The second kappa shape index (κ2) is 7.06. The lowest BCUT2D eigenvalue weighted by Gasteiger charge is -2.28. The summed E-state index contributed by atoms with van der Waals surface area (Å²) in [6.45, 7) is 13.7. The quantitative estimate of drug-likeness (QED) is 0.182. The normalized spacial score (nSPS) is 13.1. The van der Waals surface area contributed by atoms with Gasteiger partial charge in [0, 0.05) is 17.0 Å². The SMILES string of the molecule is Cc1c2c(c(C(C)C)c3ccccc13)Oc1cc3c(C(C)(C)C)cccc3c3cc[n+](C)c-2c13. The smallest absolute Gasteiger partial charge is 0.228 e. The van der Waals surface area contributed by atoms with Crippen LogP contribution in [0.25, 0.3) is 43.6 Å². The van der Waals surface area contributed by atoms with Gasteiger partial charge in [0.2, 0.25) is 5.69 Å². The van der Waals surface area contributed by atoms with Gasteiger partial charge in [-0.05, 0) is 57.0 Å². The Balaban J connectivity index is 1.84. The van der Waals surface area contributed by atoms with Crippen molar-refractivity contribution in [1.29, 1.82) is 0 Å². The number of nitrogens with zero attached hydrogens (tertiary/aromatic N) is 1. The lowest BCUT2D eigenvalue weighted by atomic mass is 9.81. The largest absolute Gasteiger partial charge is 0.455 e. The molecule has 0 N–H and O–H groups in total. The second-order valence-corrected chi connectivity index (χ2v) is 11.1. The molecule has 6 rings (SSSR count). The molecule has 0 spiro atoms. The molecule has 0 amide bonds. The molecule has 1 aliphatic rings. The van der Waals surface area contributed by atoms with Gasteiger partial charge in [-0.2, -0.15) is 0 Å². The number of benzene rings is 4. The number of aryl methyl sites for hydroxylation is 2. The Bertz CT molecular complexity index is 1650. The van der Waals surface area contributed by atoms with Crippen LogP contribution in [-0.4, -0.2) is 0 Å². The van der Waals surface area contributed by atoms with E-state index in [4.69, 9.17) is 4.74 Å². The van der Waals surface area contributed by atoms with Crippen molar-refractivity contribution in [2.75, 3.05) is 0 Å². The van der Waals surface area contributed by atoms with Crippen LogP contribution in [0.2, 0.25) is 0 Å². The lowest BCUT2D eigenvalue weighted by Crippen LogP contribution is -2.32. The third kappa shape index (κ3) is 2.78. The lowest BCUT2D eigenvalue weighted by molar-refractivity contribution is -0.659. The van der Waals surface area contributed by atoms with Crippen LogP contribution in [0.1, 0.15) is 57.2 Å². The first-order chi connectivity index (χ1) is 16.2. The number of rotatable bonds is 1. The molecule has 0 saturated carbocycles. The molecule has 1 aromatic heterocycles. The van der Waals surface area contributed by atoms with Crippen molar-refractivity contribution >= 4 is 32.3 Å². The fourth-order valence-corrected chi connectivity index (χ4v) is 6.00. The van der Waals surface area contributed by atoms with Crippen LogP contribution in [0.3, 0.4) is 0 Å². The zero-order valence-electron chi connectivity index (χ0n) is 21.2. The Kier molecular flexibility index (Phi) is 4.39. The van der Waals surface area contributed by atoms with Gasteiger partial charge < -0.3 is 4.74 Å². The average Bonchev–Trinajstić information content (AvgIpc) is 2.79. The minimum atomic E-state index is 0.0463. The van der Waals surface area contributed by atoms with E-state index in [2.05, 4.69) is 114 Å². The van der Waals surface area contributed by atoms with Gasteiger partial charge in [0.15, 0.2) is 6.20 Å². The van der Waals surface area contributed by atoms with Gasteiger partial charge in [-0.15, -0.1) is 0 Å². The Hall–Kier alpha value is -3.39. The van der Waals surface area contributed by atoms with Crippen molar-refractivity contribution in [2.24, 2.45) is 7.05 Å². The summed E-state index contributed by atoms with van der Waals surface area (Å²) in [5.41, 5.74) is 6.46. The summed E-state index contributed by atoms with van der Waals surface area (Å²) in [4.78, 5) is 0. The van der Waals surface area contributed by atoms with Crippen molar-refractivity contribution in [2.45, 2.75) is 52.9 Å². The van der Waals surface area contributed by atoms with Gasteiger partial charge in [-0.3, -0.25) is 0 Å². The summed E-state index contributed by atoms with van der Waals surface area (Å²) in [7, 11) is 2.16. The molecule has 4 aromatic carbocycles. The first-order valence-corrected chi connectivity index (χ1v) is 12.3. The molecule has 0 aliphatic carbocycles. The molecule has 0 radical (unpaired) electrons. The van der Waals surface area contributed by atoms with E-state index in [-0.39, 0.29) is 5.41 Å². The second-order valence-electron chi connectivity index (χ2n) is 11.1. The number of ether oxygens (including phenoxy) is 1. The van der Waals surface area contributed by atoms with E-state index in [9.17, 15) is 0 Å². The van der Waals surface area contributed by atoms with Crippen molar-refractivity contribution in [3.63, 3.8) is 0 Å². The zero-order valence-corrected chi connectivity index (χ0v) is 21.2. The molecule has 2 heteroatoms. The fraction of sp³-hybridized carbons (Fsp3) is 0.281. The van der Waals surface area contributed by atoms with Crippen LogP contribution >= 0.6 is 0 Å². The van der Waals surface area contributed by atoms with Gasteiger partial charge in [0.05, 0.1) is 10.9 Å². The Morgan fingerprint density at radius 2 is 1.53 bits per heavy atom. The standard InChI is InChI=1S/C32H32NO/c1-18(2)27-22-12-9-8-11-20(22)19(3)28-30-29-23(15-16-33(30)7)21-13-10-14-25(32(4,5)6)24(21)17-26(29)34-31(27)28/h8-18H,1-7H3/q+1. The van der Waals surface area contributed by atoms with Crippen LogP contribution in [0.15, 0.2) is 60.8 Å². The Labute approximate surface area is 201 Å². The van der Waals surface area contributed by atoms with E-state index in [1.54, 1.807) is 0 Å². The molecular formula is C32H32NO+. The fourth-order valence-electron chi connectivity index (χ4n) is 6.00. The molecule has 0 fully saturated rings.